The van der Waals surface area contributed by atoms with E-state index in [0.29, 0.717) is 0 Å². The maximum atomic E-state index is 13.2. The molecule has 0 aromatic heterocycles. The average molecular weight is 325 g/mol. The molecule has 1 fully saturated rings. The fourth-order valence-corrected chi connectivity index (χ4v) is 5.17. The van der Waals surface area contributed by atoms with Crippen LogP contribution in [-0.2, 0) is 10.0 Å². The Morgan fingerprint density at radius 1 is 1.53 bits per heavy atom. The van der Waals surface area contributed by atoms with Crippen LogP contribution in [0.3, 0.4) is 0 Å². The molecular weight excluding hydrogens is 311 g/mol. The van der Waals surface area contributed by atoms with Gasteiger partial charge in [0.2, 0.25) is 10.0 Å². The van der Waals surface area contributed by atoms with Gasteiger partial charge >= 0.3 is 0 Å². The Labute approximate surface area is 121 Å². The van der Waals surface area contributed by atoms with Gasteiger partial charge < -0.3 is 5.73 Å². The van der Waals surface area contributed by atoms with E-state index in [1.54, 1.807) is 11.8 Å². The molecule has 19 heavy (non-hydrogen) atoms. The van der Waals surface area contributed by atoms with Crippen molar-refractivity contribution in [2.45, 2.75) is 17.4 Å². The largest absolute Gasteiger partial charge is 0.396 e. The summed E-state index contributed by atoms with van der Waals surface area (Å²) in [5, 5.41) is -0.149. The summed E-state index contributed by atoms with van der Waals surface area (Å²) >= 11 is 7.54. The van der Waals surface area contributed by atoms with Gasteiger partial charge in [-0.05, 0) is 24.3 Å². The summed E-state index contributed by atoms with van der Waals surface area (Å²) in [4.78, 5) is -0.146. The summed E-state index contributed by atoms with van der Waals surface area (Å²) < 4.78 is 39.4. The van der Waals surface area contributed by atoms with Gasteiger partial charge in [0, 0.05) is 18.8 Å². The van der Waals surface area contributed by atoms with E-state index in [0.717, 1.165) is 30.1 Å². The molecule has 0 aliphatic carbocycles. The molecule has 106 valence electrons. The third-order valence-electron chi connectivity index (χ3n) is 3.13. The number of anilines is 1. The summed E-state index contributed by atoms with van der Waals surface area (Å²) in [6, 6.07) is 1.95. The Bertz CT molecular complexity index is 589. The maximum absolute atomic E-state index is 13.2. The second kappa shape index (κ2) is 5.47. The smallest absolute Gasteiger partial charge is 0.244 e. The molecule has 1 aromatic rings. The molecule has 1 heterocycles. The number of thioether (sulfide) groups is 1. The first kappa shape index (κ1) is 14.9. The number of halogens is 2. The van der Waals surface area contributed by atoms with Crippen LogP contribution < -0.4 is 5.73 Å². The van der Waals surface area contributed by atoms with E-state index >= 15 is 0 Å². The first-order valence-electron chi connectivity index (χ1n) is 5.64. The highest BCUT2D eigenvalue weighted by Crippen LogP contribution is 2.31. The van der Waals surface area contributed by atoms with E-state index in [4.69, 9.17) is 17.3 Å². The predicted molar refractivity (Wildman–Crippen MR) is 76.5 cm³/mol. The van der Waals surface area contributed by atoms with Crippen molar-refractivity contribution >= 4 is 39.1 Å². The topological polar surface area (TPSA) is 63.4 Å². The Morgan fingerprint density at radius 3 is 2.79 bits per heavy atom. The third kappa shape index (κ3) is 2.84. The van der Waals surface area contributed by atoms with Gasteiger partial charge in [-0.25, -0.2) is 12.8 Å². The molecule has 1 aromatic carbocycles. The number of benzene rings is 1. The summed E-state index contributed by atoms with van der Waals surface area (Å²) in [6.07, 6.45) is 0.800. The molecule has 4 nitrogen and oxygen atoms in total. The summed E-state index contributed by atoms with van der Waals surface area (Å²) in [5.41, 5.74) is 5.19. The van der Waals surface area contributed by atoms with Crippen LogP contribution in [0.5, 0.6) is 0 Å². The number of rotatable bonds is 3. The summed E-state index contributed by atoms with van der Waals surface area (Å²) in [7, 11) is -2.24. The SMILES string of the molecule is CN(C1CCSC1)S(=O)(=O)c1cc(N)c(F)cc1Cl. The van der Waals surface area contributed by atoms with E-state index in [2.05, 4.69) is 0 Å². The lowest BCUT2D eigenvalue weighted by Crippen LogP contribution is -2.37. The monoisotopic (exact) mass is 324 g/mol. The van der Waals surface area contributed by atoms with E-state index in [1.165, 1.54) is 11.4 Å². The van der Waals surface area contributed by atoms with Gasteiger partial charge in [0.05, 0.1) is 10.7 Å². The number of hydrogen-bond acceptors (Lipinski definition) is 4. The second-order valence-electron chi connectivity index (χ2n) is 4.34. The number of nitrogens with zero attached hydrogens (tertiary/aromatic N) is 1. The predicted octanol–water partition coefficient (Wildman–Crippen LogP) is 2.19. The first-order valence-corrected chi connectivity index (χ1v) is 8.61. The number of hydrogen-bond donors (Lipinski definition) is 1. The van der Waals surface area contributed by atoms with Crippen LogP contribution in [0.15, 0.2) is 17.0 Å². The van der Waals surface area contributed by atoms with Gasteiger partial charge in [0.25, 0.3) is 0 Å². The van der Waals surface area contributed by atoms with Crippen LogP contribution in [0.4, 0.5) is 10.1 Å². The van der Waals surface area contributed by atoms with Crippen molar-refractivity contribution < 1.29 is 12.8 Å². The van der Waals surface area contributed by atoms with Gasteiger partial charge in [-0.2, -0.15) is 16.1 Å². The molecule has 2 N–H and O–H groups in total. The van der Waals surface area contributed by atoms with Crippen molar-refractivity contribution in [3.63, 3.8) is 0 Å². The van der Waals surface area contributed by atoms with Crippen LogP contribution >= 0.6 is 23.4 Å². The molecule has 0 spiro atoms. The molecule has 0 saturated carbocycles. The van der Waals surface area contributed by atoms with E-state index in [1.807, 2.05) is 0 Å². The zero-order valence-corrected chi connectivity index (χ0v) is 12.7. The normalized spacial score (nSPS) is 20.1. The molecule has 1 unspecified atom stereocenters. The van der Waals surface area contributed by atoms with Crippen LogP contribution in [0.2, 0.25) is 5.02 Å². The Hall–Kier alpha value is -0.500. The fraction of sp³-hybridized carbons (Fsp3) is 0.455. The number of sulfonamides is 1. The van der Waals surface area contributed by atoms with Gasteiger partial charge in [-0.3, -0.25) is 0 Å². The Morgan fingerprint density at radius 2 is 2.21 bits per heavy atom. The first-order chi connectivity index (χ1) is 8.84. The molecule has 1 atom stereocenters. The van der Waals surface area contributed by atoms with E-state index in [9.17, 15) is 12.8 Å². The highest BCUT2D eigenvalue weighted by Gasteiger charge is 2.32. The lowest BCUT2D eigenvalue weighted by Gasteiger charge is -2.23. The van der Waals surface area contributed by atoms with E-state index < -0.39 is 15.8 Å². The average Bonchev–Trinajstić information content (AvgIpc) is 2.86. The molecule has 0 bridgehead atoms. The molecular formula is C11H14ClFN2O2S2. The highest BCUT2D eigenvalue weighted by molar-refractivity contribution is 7.99. The number of nitrogens with two attached hydrogens (primary N) is 1. The Balaban J connectivity index is 2.41. The van der Waals surface area contributed by atoms with Crippen molar-refractivity contribution in [1.29, 1.82) is 0 Å². The van der Waals surface area contributed by atoms with Crippen LogP contribution in [0.1, 0.15) is 6.42 Å². The third-order valence-corrected chi connectivity index (χ3v) is 6.65. The summed E-state index contributed by atoms with van der Waals surface area (Å²) in [5.74, 6) is 0.969. The molecule has 1 aliphatic heterocycles. The maximum Gasteiger partial charge on any atom is 0.244 e. The second-order valence-corrected chi connectivity index (χ2v) is 7.87. The van der Waals surface area contributed by atoms with Crippen LogP contribution in [0, 0.1) is 5.82 Å². The van der Waals surface area contributed by atoms with Gasteiger partial charge in [-0.15, -0.1) is 0 Å². The molecule has 1 aliphatic rings. The lowest BCUT2D eigenvalue weighted by atomic mass is 10.3. The zero-order chi connectivity index (χ0) is 14.2. The quantitative estimate of drug-likeness (QED) is 0.866. The molecule has 8 heteroatoms. The Kier molecular flexibility index (Phi) is 4.29. The summed E-state index contributed by atoms with van der Waals surface area (Å²) in [6.45, 7) is 0. The molecule has 1 saturated heterocycles. The minimum Gasteiger partial charge on any atom is -0.396 e. The van der Waals surface area contributed by atoms with Crippen molar-refractivity contribution in [3.05, 3.63) is 23.0 Å². The molecule has 2 rings (SSSR count). The fourth-order valence-electron chi connectivity index (χ4n) is 1.90. The van der Waals surface area contributed by atoms with Crippen molar-refractivity contribution in [1.82, 2.24) is 4.31 Å². The van der Waals surface area contributed by atoms with Crippen molar-refractivity contribution in [2.75, 3.05) is 24.3 Å². The van der Waals surface area contributed by atoms with Crippen LogP contribution in [-0.4, -0.2) is 37.3 Å². The van der Waals surface area contributed by atoms with Crippen LogP contribution in [0.25, 0.3) is 0 Å². The minimum atomic E-state index is -3.75. The molecule has 0 radical (unpaired) electrons. The number of nitrogen functional groups attached to an aromatic ring is 1. The minimum absolute atomic E-state index is 0.0580. The highest BCUT2D eigenvalue weighted by atomic mass is 35.5. The zero-order valence-electron chi connectivity index (χ0n) is 10.3. The lowest BCUT2D eigenvalue weighted by molar-refractivity contribution is 0.394. The van der Waals surface area contributed by atoms with Gasteiger partial charge in [-0.1, -0.05) is 11.6 Å². The van der Waals surface area contributed by atoms with Crippen molar-refractivity contribution in [3.8, 4) is 0 Å². The standard InChI is InChI=1S/C11H14ClFN2O2S2/c1-15(7-2-3-18-6-7)19(16,17)11-5-10(14)9(13)4-8(11)12/h4-5,7H,2-3,6,14H2,1H3. The van der Waals surface area contributed by atoms with Crippen molar-refractivity contribution in [2.24, 2.45) is 0 Å². The van der Waals surface area contributed by atoms with E-state index in [-0.39, 0.29) is 21.6 Å². The molecule has 0 amide bonds. The van der Waals surface area contributed by atoms with Gasteiger partial charge in [0.15, 0.2) is 0 Å². The van der Waals surface area contributed by atoms with Gasteiger partial charge in [0.1, 0.15) is 10.7 Å².